The first-order chi connectivity index (χ1) is 7.31. The van der Waals surface area contributed by atoms with E-state index in [4.69, 9.17) is 10.9 Å². The molecule has 0 aromatic heterocycles. The highest BCUT2D eigenvalue weighted by Gasteiger charge is 2.12. The molecule has 0 spiro atoms. The van der Waals surface area contributed by atoms with Gasteiger partial charge < -0.3 is 11.1 Å². The van der Waals surface area contributed by atoms with Crippen LogP contribution in [0.15, 0.2) is 12.1 Å². The van der Waals surface area contributed by atoms with Crippen molar-refractivity contribution in [3.05, 3.63) is 23.8 Å². The monoisotopic (exact) mass is 251 g/mol. The quantitative estimate of drug-likeness (QED) is 0.668. The average molecular weight is 251 g/mol. The molecule has 0 saturated heterocycles. The van der Waals surface area contributed by atoms with Crippen molar-refractivity contribution in [2.45, 2.75) is 0 Å². The van der Waals surface area contributed by atoms with Gasteiger partial charge in [0.2, 0.25) is 10.0 Å². The minimum Gasteiger partial charge on any atom is -0.397 e. The molecule has 8 heteroatoms. The first kappa shape index (κ1) is 12.7. The molecule has 0 aliphatic rings. The highest BCUT2D eigenvalue weighted by Crippen LogP contribution is 2.24. The van der Waals surface area contributed by atoms with Gasteiger partial charge in [0.15, 0.2) is 11.6 Å². The SMILES string of the molecule is Nc1ccc(F)c(F)c1NCCS(N)(=O)=O. The lowest BCUT2D eigenvalue weighted by Gasteiger charge is -2.09. The van der Waals surface area contributed by atoms with Gasteiger partial charge in [0.1, 0.15) is 0 Å². The third-order valence-corrected chi connectivity index (χ3v) is 2.59. The van der Waals surface area contributed by atoms with E-state index in [1.807, 2.05) is 0 Å². The van der Waals surface area contributed by atoms with Gasteiger partial charge in [-0.05, 0) is 12.1 Å². The number of anilines is 2. The summed E-state index contributed by atoms with van der Waals surface area (Å²) < 4.78 is 47.2. The standard InChI is InChI=1S/C8H11F2N3O2S/c9-5-1-2-6(11)8(7(5)10)13-3-4-16(12,14)15/h1-2,13H,3-4,11H2,(H2,12,14,15). The van der Waals surface area contributed by atoms with E-state index in [0.29, 0.717) is 0 Å². The summed E-state index contributed by atoms with van der Waals surface area (Å²) in [6, 6.07) is 2.06. The molecule has 0 aliphatic carbocycles. The highest BCUT2D eigenvalue weighted by molar-refractivity contribution is 7.89. The molecule has 90 valence electrons. The van der Waals surface area contributed by atoms with Gasteiger partial charge in [-0.2, -0.15) is 0 Å². The molecule has 0 radical (unpaired) electrons. The van der Waals surface area contributed by atoms with Gasteiger partial charge >= 0.3 is 0 Å². The predicted molar refractivity (Wildman–Crippen MR) is 57.2 cm³/mol. The topological polar surface area (TPSA) is 98.2 Å². The first-order valence-corrected chi connectivity index (χ1v) is 6.00. The maximum atomic E-state index is 13.2. The number of benzene rings is 1. The van der Waals surface area contributed by atoms with Crippen molar-refractivity contribution in [1.82, 2.24) is 0 Å². The van der Waals surface area contributed by atoms with Gasteiger partial charge in [0, 0.05) is 6.54 Å². The van der Waals surface area contributed by atoms with Crippen LogP contribution in [0.4, 0.5) is 20.2 Å². The van der Waals surface area contributed by atoms with Crippen LogP contribution in [0.3, 0.4) is 0 Å². The molecule has 0 saturated carbocycles. The van der Waals surface area contributed by atoms with E-state index in [1.54, 1.807) is 0 Å². The molecular weight excluding hydrogens is 240 g/mol. The van der Waals surface area contributed by atoms with E-state index >= 15 is 0 Å². The fraction of sp³-hybridized carbons (Fsp3) is 0.250. The number of primary sulfonamides is 1. The number of nitrogens with two attached hydrogens (primary N) is 2. The molecule has 1 rings (SSSR count). The summed E-state index contributed by atoms with van der Waals surface area (Å²) in [5, 5.41) is 7.12. The number of rotatable bonds is 4. The van der Waals surface area contributed by atoms with Crippen molar-refractivity contribution >= 4 is 21.4 Å². The second-order valence-corrected chi connectivity index (χ2v) is 4.85. The largest absolute Gasteiger partial charge is 0.397 e. The summed E-state index contributed by atoms with van der Waals surface area (Å²) in [4.78, 5) is 0. The average Bonchev–Trinajstić information content (AvgIpc) is 2.16. The zero-order valence-electron chi connectivity index (χ0n) is 8.20. The van der Waals surface area contributed by atoms with E-state index in [-0.39, 0.29) is 17.9 Å². The molecule has 0 atom stereocenters. The summed E-state index contributed by atoms with van der Waals surface area (Å²) in [6.07, 6.45) is 0. The molecule has 5 N–H and O–H groups in total. The normalized spacial score (nSPS) is 11.4. The fourth-order valence-electron chi connectivity index (χ4n) is 1.06. The Balaban J connectivity index is 2.78. The van der Waals surface area contributed by atoms with Crippen LogP contribution in [-0.2, 0) is 10.0 Å². The van der Waals surface area contributed by atoms with Crippen LogP contribution in [0.1, 0.15) is 0 Å². The molecule has 16 heavy (non-hydrogen) atoms. The Kier molecular flexibility index (Phi) is 3.66. The van der Waals surface area contributed by atoms with Crippen LogP contribution in [0.5, 0.6) is 0 Å². The minimum atomic E-state index is -3.65. The zero-order chi connectivity index (χ0) is 12.3. The van der Waals surface area contributed by atoms with Crippen LogP contribution in [0.2, 0.25) is 0 Å². The van der Waals surface area contributed by atoms with Gasteiger partial charge in [-0.3, -0.25) is 0 Å². The molecule has 0 unspecified atom stereocenters. The van der Waals surface area contributed by atoms with E-state index in [1.165, 1.54) is 6.07 Å². The van der Waals surface area contributed by atoms with Gasteiger partial charge in [0.25, 0.3) is 0 Å². The van der Waals surface area contributed by atoms with Crippen molar-refractivity contribution in [3.63, 3.8) is 0 Å². The fourth-order valence-corrected chi connectivity index (χ4v) is 1.45. The van der Waals surface area contributed by atoms with Gasteiger partial charge in [0.05, 0.1) is 17.1 Å². The number of nitrogen functional groups attached to an aromatic ring is 1. The summed E-state index contributed by atoms with van der Waals surface area (Å²) in [5.41, 5.74) is 5.12. The van der Waals surface area contributed by atoms with E-state index in [0.717, 1.165) is 6.07 Å². The van der Waals surface area contributed by atoms with Crippen LogP contribution < -0.4 is 16.2 Å². The van der Waals surface area contributed by atoms with Crippen molar-refractivity contribution in [2.75, 3.05) is 23.3 Å². The maximum absolute atomic E-state index is 13.2. The number of halogens is 2. The smallest absolute Gasteiger partial charge is 0.210 e. The summed E-state index contributed by atoms with van der Waals surface area (Å²) in [6.45, 7) is -0.149. The molecular formula is C8H11F2N3O2S. The van der Waals surface area contributed by atoms with E-state index < -0.39 is 27.4 Å². The highest BCUT2D eigenvalue weighted by atomic mass is 32.2. The van der Waals surface area contributed by atoms with Crippen LogP contribution in [0, 0.1) is 11.6 Å². The lowest BCUT2D eigenvalue weighted by Crippen LogP contribution is -2.23. The number of hydrogen-bond acceptors (Lipinski definition) is 4. The maximum Gasteiger partial charge on any atom is 0.210 e. The Morgan fingerprint density at radius 3 is 2.50 bits per heavy atom. The molecule has 0 bridgehead atoms. The summed E-state index contributed by atoms with van der Waals surface area (Å²) in [5.74, 6) is -2.61. The molecule has 0 amide bonds. The zero-order valence-corrected chi connectivity index (χ0v) is 9.02. The first-order valence-electron chi connectivity index (χ1n) is 4.29. The Bertz CT molecular complexity index is 490. The van der Waals surface area contributed by atoms with Gasteiger partial charge in [-0.25, -0.2) is 22.3 Å². The predicted octanol–water partition coefficient (Wildman–Crippen LogP) is 0.247. The molecule has 0 heterocycles. The number of sulfonamides is 1. The Hall–Kier alpha value is -1.41. The third kappa shape index (κ3) is 3.31. The van der Waals surface area contributed by atoms with Gasteiger partial charge in [-0.15, -0.1) is 0 Å². The molecule has 0 aliphatic heterocycles. The molecule has 5 nitrogen and oxygen atoms in total. The van der Waals surface area contributed by atoms with Crippen LogP contribution in [0.25, 0.3) is 0 Å². The Morgan fingerprint density at radius 2 is 1.94 bits per heavy atom. The number of nitrogens with one attached hydrogen (secondary N) is 1. The van der Waals surface area contributed by atoms with Crippen molar-refractivity contribution in [1.29, 1.82) is 0 Å². The third-order valence-electron chi connectivity index (χ3n) is 1.82. The van der Waals surface area contributed by atoms with Crippen LogP contribution >= 0.6 is 0 Å². The Morgan fingerprint density at radius 1 is 1.31 bits per heavy atom. The van der Waals surface area contributed by atoms with E-state index in [2.05, 4.69) is 5.32 Å². The Labute approximate surface area is 91.5 Å². The molecule has 1 aromatic rings. The second kappa shape index (κ2) is 4.62. The lowest BCUT2D eigenvalue weighted by molar-refractivity contribution is 0.511. The minimum absolute atomic E-state index is 0.00619. The molecule has 1 aromatic carbocycles. The van der Waals surface area contributed by atoms with Crippen molar-refractivity contribution in [2.24, 2.45) is 5.14 Å². The van der Waals surface area contributed by atoms with Gasteiger partial charge in [-0.1, -0.05) is 0 Å². The summed E-state index contributed by atoms with van der Waals surface area (Å²) >= 11 is 0. The second-order valence-electron chi connectivity index (χ2n) is 3.12. The van der Waals surface area contributed by atoms with Crippen molar-refractivity contribution in [3.8, 4) is 0 Å². The lowest BCUT2D eigenvalue weighted by atomic mass is 10.2. The number of hydrogen-bond donors (Lipinski definition) is 3. The van der Waals surface area contributed by atoms with Crippen LogP contribution in [-0.4, -0.2) is 20.7 Å². The summed E-state index contributed by atoms with van der Waals surface area (Å²) in [7, 11) is -3.65. The van der Waals surface area contributed by atoms with E-state index in [9.17, 15) is 17.2 Å². The molecule has 0 fully saturated rings. The van der Waals surface area contributed by atoms with Crippen molar-refractivity contribution < 1.29 is 17.2 Å².